The number of esters is 1. The molecule has 0 bridgehead atoms. The zero-order chi connectivity index (χ0) is 14.9. The van der Waals surface area contributed by atoms with E-state index < -0.39 is 23.4 Å². The molecule has 20 heavy (non-hydrogen) atoms. The number of ether oxygens (including phenoxy) is 1. The van der Waals surface area contributed by atoms with Gasteiger partial charge >= 0.3 is 5.97 Å². The minimum absolute atomic E-state index is 0.175. The molecule has 2 rings (SSSR count). The third kappa shape index (κ3) is 2.82. The van der Waals surface area contributed by atoms with E-state index in [1.165, 1.54) is 25.1 Å². The number of hydrogen-bond acceptors (Lipinski definition) is 2. The predicted molar refractivity (Wildman–Crippen MR) is 67.2 cm³/mol. The standard InChI is InChI=1S/C15H11F3O2/c1-8-3-4-11(14(18)5-8)15(19)20-10-6-12(16)9(2)13(17)7-10/h3-7H,1-2H3. The first-order valence-electron chi connectivity index (χ1n) is 5.82. The summed E-state index contributed by atoms with van der Waals surface area (Å²) in [5.74, 6) is -3.74. The zero-order valence-corrected chi connectivity index (χ0v) is 10.8. The summed E-state index contributed by atoms with van der Waals surface area (Å²) in [6, 6.07) is 5.72. The SMILES string of the molecule is Cc1ccc(C(=O)Oc2cc(F)c(C)c(F)c2)c(F)c1. The minimum Gasteiger partial charge on any atom is -0.423 e. The lowest BCUT2D eigenvalue weighted by molar-refractivity contribution is 0.0729. The summed E-state index contributed by atoms with van der Waals surface area (Å²) >= 11 is 0. The number of carbonyl (C=O) groups excluding carboxylic acids is 1. The fourth-order valence-corrected chi connectivity index (χ4v) is 1.63. The molecular weight excluding hydrogens is 269 g/mol. The van der Waals surface area contributed by atoms with E-state index in [2.05, 4.69) is 0 Å². The summed E-state index contributed by atoms with van der Waals surface area (Å²) in [6.45, 7) is 2.93. The van der Waals surface area contributed by atoms with E-state index in [1.807, 2.05) is 0 Å². The van der Waals surface area contributed by atoms with Gasteiger partial charge in [-0.1, -0.05) is 6.07 Å². The van der Waals surface area contributed by atoms with Crippen LogP contribution >= 0.6 is 0 Å². The number of carbonyl (C=O) groups is 1. The summed E-state index contributed by atoms with van der Waals surface area (Å²) in [7, 11) is 0. The van der Waals surface area contributed by atoms with Crippen LogP contribution in [0.1, 0.15) is 21.5 Å². The fraction of sp³-hybridized carbons (Fsp3) is 0.133. The third-order valence-corrected chi connectivity index (χ3v) is 2.81. The van der Waals surface area contributed by atoms with Crippen molar-refractivity contribution in [2.45, 2.75) is 13.8 Å². The van der Waals surface area contributed by atoms with Crippen molar-refractivity contribution in [2.75, 3.05) is 0 Å². The van der Waals surface area contributed by atoms with Crippen LogP contribution in [0.4, 0.5) is 13.2 Å². The maximum Gasteiger partial charge on any atom is 0.346 e. The predicted octanol–water partition coefficient (Wildman–Crippen LogP) is 3.94. The van der Waals surface area contributed by atoms with Crippen molar-refractivity contribution in [2.24, 2.45) is 0 Å². The van der Waals surface area contributed by atoms with E-state index in [0.717, 1.165) is 12.1 Å². The van der Waals surface area contributed by atoms with Crippen molar-refractivity contribution in [1.82, 2.24) is 0 Å². The molecule has 0 saturated carbocycles. The summed E-state index contributed by atoms with van der Waals surface area (Å²) in [5.41, 5.74) is 0.176. The van der Waals surface area contributed by atoms with Gasteiger partial charge in [0.1, 0.15) is 23.2 Å². The van der Waals surface area contributed by atoms with Crippen LogP contribution in [0.15, 0.2) is 30.3 Å². The lowest BCUT2D eigenvalue weighted by atomic mass is 10.1. The average Bonchev–Trinajstić information content (AvgIpc) is 2.35. The Morgan fingerprint density at radius 2 is 1.55 bits per heavy atom. The summed E-state index contributed by atoms with van der Waals surface area (Å²) < 4.78 is 45.0. The van der Waals surface area contributed by atoms with Gasteiger partial charge in [0.25, 0.3) is 0 Å². The van der Waals surface area contributed by atoms with E-state index in [9.17, 15) is 18.0 Å². The maximum atomic E-state index is 13.6. The number of rotatable bonds is 2. The molecule has 0 N–H and O–H groups in total. The molecule has 2 aromatic rings. The van der Waals surface area contributed by atoms with Gasteiger partial charge in [-0.05, 0) is 31.5 Å². The molecular formula is C15H11F3O2. The average molecular weight is 280 g/mol. The molecule has 0 aliphatic heterocycles. The second-order valence-electron chi connectivity index (χ2n) is 4.38. The van der Waals surface area contributed by atoms with Crippen LogP contribution in [0, 0.1) is 31.3 Å². The van der Waals surface area contributed by atoms with Crippen LogP contribution in [0.25, 0.3) is 0 Å². The Morgan fingerprint density at radius 1 is 0.950 bits per heavy atom. The molecule has 0 fully saturated rings. The quantitative estimate of drug-likeness (QED) is 0.615. The number of halogens is 3. The van der Waals surface area contributed by atoms with Gasteiger partial charge in [0, 0.05) is 17.7 Å². The van der Waals surface area contributed by atoms with Crippen molar-refractivity contribution in [3.8, 4) is 5.75 Å². The first kappa shape index (κ1) is 14.1. The molecule has 104 valence electrons. The molecule has 5 heteroatoms. The van der Waals surface area contributed by atoms with E-state index >= 15 is 0 Å². The molecule has 2 aromatic carbocycles. The summed E-state index contributed by atoms with van der Waals surface area (Å²) in [4.78, 5) is 11.7. The third-order valence-electron chi connectivity index (χ3n) is 2.81. The number of benzene rings is 2. The van der Waals surface area contributed by atoms with Crippen molar-refractivity contribution in [3.63, 3.8) is 0 Å². The molecule has 0 heterocycles. The zero-order valence-electron chi connectivity index (χ0n) is 10.8. The molecule has 0 radical (unpaired) electrons. The first-order valence-corrected chi connectivity index (χ1v) is 5.82. The fourth-order valence-electron chi connectivity index (χ4n) is 1.63. The Labute approximate surface area is 113 Å². The van der Waals surface area contributed by atoms with E-state index in [4.69, 9.17) is 4.74 Å². The summed E-state index contributed by atoms with van der Waals surface area (Å²) in [5, 5.41) is 0. The largest absolute Gasteiger partial charge is 0.423 e. The lowest BCUT2D eigenvalue weighted by Crippen LogP contribution is -2.11. The molecule has 0 spiro atoms. The van der Waals surface area contributed by atoms with Crippen molar-refractivity contribution in [1.29, 1.82) is 0 Å². The highest BCUT2D eigenvalue weighted by atomic mass is 19.1. The van der Waals surface area contributed by atoms with Crippen molar-refractivity contribution < 1.29 is 22.7 Å². The second-order valence-corrected chi connectivity index (χ2v) is 4.38. The summed E-state index contributed by atoms with van der Waals surface area (Å²) in [6.07, 6.45) is 0. The monoisotopic (exact) mass is 280 g/mol. The van der Waals surface area contributed by atoms with Gasteiger partial charge in [-0.2, -0.15) is 0 Å². The Kier molecular flexibility index (Phi) is 3.79. The highest BCUT2D eigenvalue weighted by molar-refractivity contribution is 5.91. The van der Waals surface area contributed by atoms with Crippen LogP contribution < -0.4 is 4.74 Å². The molecule has 2 nitrogen and oxygen atoms in total. The molecule has 0 aliphatic carbocycles. The van der Waals surface area contributed by atoms with Crippen LogP contribution in [-0.4, -0.2) is 5.97 Å². The van der Waals surface area contributed by atoms with Crippen LogP contribution in [0.5, 0.6) is 5.75 Å². The van der Waals surface area contributed by atoms with Gasteiger partial charge in [0.2, 0.25) is 0 Å². The van der Waals surface area contributed by atoms with Crippen LogP contribution in [0.3, 0.4) is 0 Å². The van der Waals surface area contributed by atoms with E-state index in [0.29, 0.717) is 5.56 Å². The Bertz CT molecular complexity index is 658. The van der Waals surface area contributed by atoms with E-state index in [-0.39, 0.29) is 16.9 Å². The van der Waals surface area contributed by atoms with Gasteiger partial charge in [-0.3, -0.25) is 0 Å². The van der Waals surface area contributed by atoms with Crippen molar-refractivity contribution >= 4 is 5.97 Å². The molecule has 0 amide bonds. The number of hydrogen-bond donors (Lipinski definition) is 0. The van der Waals surface area contributed by atoms with Gasteiger partial charge < -0.3 is 4.74 Å². The molecule has 0 aromatic heterocycles. The van der Waals surface area contributed by atoms with Gasteiger partial charge in [0.05, 0.1) is 5.56 Å². The van der Waals surface area contributed by atoms with Crippen molar-refractivity contribution in [3.05, 3.63) is 64.5 Å². The van der Waals surface area contributed by atoms with Gasteiger partial charge in [-0.25, -0.2) is 18.0 Å². The topological polar surface area (TPSA) is 26.3 Å². The number of aryl methyl sites for hydroxylation is 1. The molecule has 0 atom stereocenters. The van der Waals surface area contributed by atoms with Gasteiger partial charge in [0.15, 0.2) is 0 Å². The maximum absolute atomic E-state index is 13.6. The Morgan fingerprint density at radius 3 is 2.10 bits per heavy atom. The lowest BCUT2D eigenvalue weighted by Gasteiger charge is -2.07. The minimum atomic E-state index is -1.01. The Balaban J connectivity index is 2.28. The van der Waals surface area contributed by atoms with Crippen LogP contribution in [-0.2, 0) is 0 Å². The normalized spacial score (nSPS) is 10.4. The smallest absolute Gasteiger partial charge is 0.346 e. The highest BCUT2D eigenvalue weighted by Crippen LogP contribution is 2.21. The molecule has 0 aliphatic rings. The molecule has 0 unspecified atom stereocenters. The first-order chi connectivity index (χ1) is 9.38. The Hall–Kier alpha value is -2.30. The molecule has 0 saturated heterocycles. The second kappa shape index (κ2) is 5.36. The van der Waals surface area contributed by atoms with Gasteiger partial charge in [-0.15, -0.1) is 0 Å². The van der Waals surface area contributed by atoms with Crippen LogP contribution in [0.2, 0.25) is 0 Å². The van der Waals surface area contributed by atoms with E-state index in [1.54, 1.807) is 6.92 Å². The highest BCUT2D eigenvalue weighted by Gasteiger charge is 2.16.